The first-order chi connectivity index (χ1) is 17.9. The van der Waals surface area contributed by atoms with Gasteiger partial charge in [-0.3, -0.25) is 4.79 Å². The molecule has 0 bridgehead atoms. The zero-order chi connectivity index (χ0) is 27.6. The second kappa shape index (κ2) is 11.5. The summed E-state index contributed by atoms with van der Waals surface area (Å²) in [7, 11) is 1.72. The van der Waals surface area contributed by atoms with E-state index in [9.17, 15) is 9.59 Å². The molecule has 1 aliphatic heterocycles. The summed E-state index contributed by atoms with van der Waals surface area (Å²) in [5.74, 6) is 1.15. The lowest BCUT2D eigenvalue weighted by Crippen LogP contribution is -2.51. The molecule has 1 aromatic carbocycles. The summed E-state index contributed by atoms with van der Waals surface area (Å²) in [6.07, 6.45) is 3.87. The second-order valence-corrected chi connectivity index (χ2v) is 12.0. The van der Waals surface area contributed by atoms with Gasteiger partial charge in [0.1, 0.15) is 17.7 Å². The minimum Gasteiger partial charge on any atom is -0.444 e. The zero-order valence-electron chi connectivity index (χ0n) is 23.4. The van der Waals surface area contributed by atoms with Gasteiger partial charge >= 0.3 is 6.09 Å². The number of nitrogens with zero attached hydrogens (tertiary/aromatic N) is 5. The molecule has 9 heteroatoms. The summed E-state index contributed by atoms with van der Waals surface area (Å²) in [6, 6.07) is 7.24. The van der Waals surface area contributed by atoms with Gasteiger partial charge < -0.3 is 19.4 Å². The van der Waals surface area contributed by atoms with Crippen molar-refractivity contribution < 1.29 is 14.3 Å². The molecule has 0 saturated carbocycles. The molecule has 38 heavy (non-hydrogen) atoms. The highest BCUT2D eigenvalue weighted by molar-refractivity contribution is 6.30. The molecule has 0 radical (unpaired) electrons. The summed E-state index contributed by atoms with van der Waals surface area (Å²) >= 11 is 6.15. The number of aryl methyl sites for hydroxylation is 1. The molecule has 2 heterocycles. The minimum absolute atomic E-state index is 0.0673. The van der Waals surface area contributed by atoms with E-state index in [1.54, 1.807) is 18.3 Å². The van der Waals surface area contributed by atoms with Crippen molar-refractivity contribution in [1.29, 1.82) is 0 Å². The number of amides is 2. The Balaban J connectivity index is 1.47. The average Bonchev–Trinajstić information content (AvgIpc) is 3.27. The highest BCUT2D eigenvalue weighted by Crippen LogP contribution is 2.37. The number of benzene rings is 1. The number of aromatic nitrogens is 2. The first-order valence-electron chi connectivity index (χ1n) is 13.5. The van der Waals surface area contributed by atoms with Crippen LogP contribution < -0.4 is 4.90 Å². The van der Waals surface area contributed by atoms with Gasteiger partial charge in [0.2, 0.25) is 5.91 Å². The van der Waals surface area contributed by atoms with E-state index in [-0.39, 0.29) is 11.9 Å². The normalized spacial score (nSPS) is 19.1. The molecule has 1 fully saturated rings. The predicted molar refractivity (Wildman–Crippen MR) is 150 cm³/mol. The maximum atomic E-state index is 13.9. The van der Waals surface area contributed by atoms with Gasteiger partial charge in [0.15, 0.2) is 0 Å². The van der Waals surface area contributed by atoms with Crippen LogP contribution in [0.5, 0.6) is 0 Å². The number of halogens is 1. The summed E-state index contributed by atoms with van der Waals surface area (Å²) in [6.45, 7) is 12.4. The molecule has 1 aliphatic carbocycles. The Bertz CT molecular complexity index is 1140. The fraction of sp³-hybridized carbons (Fsp3) is 0.586. The second-order valence-electron chi connectivity index (χ2n) is 11.6. The van der Waals surface area contributed by atoms with Gasteiger partial charge in [-0.2, -0.15) is 0 Å². The van der Waals surface area contributed by atoms with Gasteiger partial charge in [-0.15, -0.1) is 0 Å². The maximum Gasteiger partial charge on any atom is 0.410 e. The first-order valence-corrected chi connectivity index (χ1v) is 13.9. The number of ether oxygens (including phenoxy) is 1. The average molecular weight is 542 g/mol. The summed E-state index contributed by atoms with van der Waals surface area (Å²) < 4.78 is 5.55. The van der Waals surface area contributed by atoms with Crippen LogP contribution in [0.25, 0.3) is 0 Å². The van der Waals surface area contributed by atoms with Crippen molar-refractivity contribution in [2.75, 3.05) is 38.1 Å². The molecule has 3 unspecified atom stereocenters. The van der Waals surface area contributed by atoms with Crippen molar-refractivity contribution >= 4 is 29.4 Å². The Morgan fingerprint density at radius 3 is 2.42 bits per heavy atom. The van der Waals surface area contributed by atoms with Crippen LogP contribution in [0.2, 0.25) is 5.02 Å². The van der Waals surface area contributed by atoms with Crippen LogP contribution in [0.15, 0.2) is 30.6 Å². The lowest BCUT2D eigenvalue weighted by atomic mass is 9.90. The van der Waals surface area contributed by atoms with Gasteiger partial charge in [-0.25, -0.2) is 14.8 Å². The smallest absolute Gasteiger partial charge is 0.410 e. The number of hydrogen-bond donors (Lipinski definition) is 0. The SMILES string of the molecule is CC1CCc2ncnc(N3CCN(C(=O)C(CC(C)N(C)C(=O)OC(C)(C)C)c4ccc(Cl)cc4)CC3)c21. The summed E-state index contributed by atoms with van der Waals surface area (Å²) in [5, 5.41) is 0.624. The fourth-order valence-electron chi connectivity index (χ4n) is 5.32. The number of rotatable bonds is 6. The van der Waals surface area contributed by atoms with Gasteiger partial charge in [0, 0.05) is 55.5 Å². The van der Waals surface area contributed by atoms with Crippen LogP contribution in [0, 0.1) is 0 Å². The predicted octanol–water partition coefficient (Wildman–Crippen LogP) is 5.26. The number of carbonyl (C=O) groups excluding carboxylic acids is 2. The Morgan fingerprint density at radius 1 is 1.13 bits per heavy atom. The van der Waals surface area contributed by atoms with Crippen molar-refractivity contribution in [2.24, 2.45) is 0 Å². The van der Waals surface area contributed by atoms with E-state index in [0.29, 0.717) is 30.5 Å². The van der Waals surface area contributed by atoms with Crippen LogP contribution in [0.3, 0.4) is 0 Å². The number of hydrogen-bond acceptors (Lipinski definition) is 6. The van der Waals surface area contributed by atoms with Crippen molar-refractivity contribution in [3.63, 3.8) is 0 Å². The third-order valence-electron chi connectivity index (χ3n) is 7.63. The highest BCUT2D eigenvalue weighted by atomic mass is 35.5. The van der Waals surface area contributed by atoms with Crippen molar-refractivity contribution in [3.05, 3.63) is 52.4 Å². The molecule has 1 aromatic heterocycles. The van der Waals surface area contributed by atoms with Gasteiger partial charge in [0.25, 0.3) is 0 Å². The number of fused-ring (bicyclic) bond motifs is 1. The largest absolute Gasteiger partial charge is 0.444 e. The molecule has 2 amide bonds. The molecule has 0 spiro atoms. The zero-order valence-corrected chi connectivity index (χ0v) is 24.2. The number of anilines is 1. The van der Waals surface area contributed by atoms with E-state index in [2.05, 4.69) is 21.8 Å². The molecule has 2 aliphatic rings. The third-order valence-corrected chi connectivity index (χ3v) is 7.89. The van der Waals surface area contributed by atoms with E-state index in [0.717, 1.165) is 43.0 Å². The quantitative estimate of drug-likeness (QED) is 0.496. The van der Waals surface area contributed by atoms with Crippen LogP contribution in [0.1, 0.15) is 76.1 Å². The molecule has 206 valence electrons. The summed E-state index contributed by atoms with van der Waals surface area (Å²) in [5.41, 5.74) is 2.74. The Morgan fingerprint density at radius 2 is 1.79 bits per heavy atom. The lowest BCUT2D eigenvalue weighted by molar-refractivity contribution is -0.133. The minimum atomic E-state index is -0.586. The van der Waals surface area contributed by atoms with Crippen molar-refractivity contribution in [1.82, 2.24) is 19.8 Å². The van der Waals surface area contributed by atoms with Crippen LogP contribution in [0.4, 0.5) is 10.6 Å². The van der Waals surface area contributed by atoms with Gasteiger partial charge in [-0.1, -0.05) is 30.7 Å². The Labute approximate surface area is 231 Å². The van der Waals surface area contributed by atoms with Crippen LogP contribution in [-0.2, 0) is 16.0 Å². The van der Waals surface area contributed by atoms with Crippen LogP contribution >= 0.6 is 11.6 Å². The molecule has 2 aromatic rings. The van der Waals surface area contributed by atoms with E-state index in [1.165, 1.54) is 5.56 Å². The molecule has 8 nitrogen and oxygen atoms in total. The standard InChI is InChI=1S/C29H40ClN5O3/c1-19-7-12-24-25(19)26(32-18-31-24)34-13-15-35(16-14-34)27(36)23(21-8-10-22(30)11-9-21)17-20(2)33(6)28(37)38-29(3,4)5/h8-11,18-20,23H,7,12-17H2,1-6H3. The fourth-order valence-corrected chi connectivity index (χ4v) is 5.45. The Kier molecular flexibility index (Phi) is 8.50. The molecule has 0 N–H and O–H groups in total. The van der Waals surface area contributed by atoms with Gasteiger partial charge in [-0.05, 0) is 70.6 Å². The third kappa shape index (κ3) is 6.40. The van der Waals surface area contributed by atoms with E-state index >= 15 is 0 Å². The molecule has 4 rings (SSSR count). The summed E-state index contributed by atoms with van der Waals surface area (Å²) in [4.78, 5) is 41.6. The van der Waals surface area contributed by atoms with E-state index in [1.807, 2.05) is 56.9 Å². The molecular formula is C29H40ClN5O3. The molecule has 3 atom stereocenters. The number of carbonyl (C=O) groups is 2. The van der Waals surface area contributed by atoms with Gasteiger partial charge in [0.05, 0.1) is 5.92 Å². The van der Waals surface area contributed by atoms with E-state index < -0.39 is 17.6 Å². The number of piperazine rings is 1. The molecule has 1 saturated heterocycles. The first kappa shape index (κ1) is 28.1. The van der Waals surface area contributed by atoms with E-state index in [4.69, 9.17) is 16.3 Å². The monoisotopic (exact) mass is 541 g/mol. The maximum absolute atomic E-state index is 13.9. The van der Waals surface area contributed by atoms with Crippen molar-refractivity contribution in [2.45, 2.75) is 77.4 Å². The van der Waals surface area contributed by atoms with Crippen molar-refractivity contribution in [3.8, 4) is 0 Å². The lowest BCUT2D eigenvalue weighted by Gasteiger charge is -2.38. The Hall–Kier alpha value is -2.87. The topological polar surface area (TPSA) is 78.9 Å². The van der Waals surface area contributed by atoms with Crippen LogP contribution in [-0.4, -0.2) is 76.6 Å². The molecular weight excluding hydrogens is 502 g/mol. The highest BCUT2D eigenvalue weighted by Gasteiger charge is 2.34.